The Balaban J connectivity index is 0.000000141. The Hall–Kier alpha value is -5.36. The third-order valence-corrected chi connectivity index (χ3v) is 12.8. The highest BCUT2D eigenvalue weighted by atomic mass is 79.9. The summed E-state index contributed by atoms with van der Waals surface area (Å²) >= 11 is 3.42. The van der Waals surface area contributed by atoms with Crippen molar-refractivity contribution in [1.82, 2.24) is 29.7 Å². The maximum Gasteiger partial charge on any atom is 0.488 e. The van der Waals surface area contributed by atoms with E-state index in [1.165, 1.54) is 115 Å². The van der Waals surface area contributed by atoms with Crippen molar-refractivity contribution in [2.75, 3.05) is 62.2 Å². The van der Waals surface area contributed by atoms with Crippen LogP contribution in [0.2, 0.25) is 0 Å². The van der Waals surface area contributed by atoms with Gasteiger partial charge in [0, 0.05) is 66.8 Å². The predicted molar refractivity (Wildman–Crippen MR) is 244 cm³/mol. The summed E-state index contributed by atoms with van der Waals surface area (Å²) < 4.78 is 12.9. The van der Waals surface area contributed by atoms with Crippen LogP contribution < -0.4 is 15.3 Å². The van der Waals surface area contributed by atoms with Crippen molar-refractivity contribution in [3.63, 3.8) is 0 Å². The molecule has 62 heavy (non-hydrogen) atoms. The van der Waals surface area contributed by atoms with Crippen molar-refractivity contribution in [3.8, 4) is 23.3 Å². The molecule has 0 spiro atoms. The molecule has 4 aliphatic rings. The molecule has 2 aromatic carbocycles. The van der Waals surface area contributed by atoms with Crippen LogP contribution in [0.15, 0.2) is 86.4 Å². The van der Waals surface area contributed by atoms with Crippen molar-refractivity contribution < 1.29 is 18.9 Å². The molecule has 320 valence electrons. The van der Waals surface area contributed by atoms with E-state index in [0.29, 0.717) is 45.5 Å². The number of pyridine rings is 2. The molecule has 14 nitrogen and oxygen atoms in total. The molecule has 0 atom stereocenters. The molecule has 0 unspecified atom stereocenters. The van der Waals surface area contributed by atoms with E-state index in [1.54, 1.807) is 6.20 Å². The molecule has 4 fully saturated rings. The maximum atomic E-state index is 8.96. The van der Waals surface area contributed by atoms with Gasteiger partial charge < -0.3 is 38.5 Å². The summed E-state index contributed by atoms with van der Waals surface area (Å²) in [5.74, 6) is 0. The monoisotopic (exact) mass is 898 g/mol. The summed E-state index contributed by atoms with van der Waals surface area (Å²) in [7, 11) is -1.46. The Labute approximate surface area is 371 Å². The molecule has 8 heterocycles. The lowest BCUT2D eigenvalue weighted by Gasteiger charge is -2.39. The van der Waals surface area contributed by atoms with Gasteiger partial charge in [-0.2, -0.15) is 20.5 Å². The Morgan fingerprint density at radius 1 is 0.581 bits per heavy atom. The van der Waals surface area contributed by atoms with E-state index in [-0.39, 0.29) is 0 Å². The van der Waals surface area contributed by atoms with Crippen molar-refractivity contribution in [2.45, 2.75) is 76.3 Å². The number of aromatic nitrogens is 4. The van der Waals surface area contributed by atoms with Crippen molar-refractivity contribution in [2.24, 2.45) is 0 Å². The molecular weight excluding hydrogens is 847 g/mol. The number of piperidine rings is 4. The summed E-state index contributed by atoms with van der Waals surface area (Å²) in [6.07, 6.45) is 16.5. The fraction of sp³-hybridized carbons (Fsp3) is 0.435. The van der Waals surface area contributed by atoms with E-state index in [1.807, 2.05) is 48.7 Å². The Kier molecular flexibility index (Phi) is 14.4. The first kappa shape index (κ1) is 43.3. The summed E-state index contributed by atoms with van der Waals surface area (Å²) in [6.45, 7) is 9.10. The van der Waals surface area contributed by atoms with Crippen molar-refractivity contribution >= 4 is 63.0 Å². The second-order valence-corrected chi connectivity index (χ2v) is 17.4. The molecular formula is C46H52BBrN10O4. The standard InChI is InChI=1S/C23H25N5O.C16H21BrN4O.C7H6BNO2/c24-15-17-4-6-18(7-5-17)19-14-21-22(25-16-19)26-23(29-21)28-12-8-20(9-13-28)27-10-2-1-3-11-27;17-12-10-14-15(18-11-12)19-16(22-14)21-8-4-13(5-9-21)20-6-2-1-3-7-20;9-5-6-1-3-7(4-2-6)8(10)11/h4-7,14,16,20H,1-3,8-13H2;10-11,13H,1-9H2;1-4,10-11H. The summed E-state index contributed by atoms with van der Waals surface area (Å²) in [5, 5.41) is 34.7. The number of anilines is 2. The van der Waals surface area contributed by atoms with Gasteiger partial charge in [0.25, 0.3) is 12.0 Å². The van der Waals surface area contributed by atoms with Gasteiger partial charge in [0.1, 0.15) is 0 Å². The second kappa shape index (κ2) is 20.7. The zero-order valence-corrected chi connectivity index (χ0v) is 36.5. The van der Waals surface area contributed by atoms with Gasteiger partial charge in [0.15, 0.2) is 11.2 Å². The topological polar surface area (TPSA) is 179 Å². The second-order valence-electron chi connectivity index (χ2n) is 16.4. The minimum absolute atomic E-state index is 0.393. The molecule has 10 rings (SSSR count). The van der Waals surface area contributed by atoms with E-state index in [4.69, 9.17) is 29.4 Å². The number of nitriles is 2. The van der Waals surface area contributed by atoms with E-state index in [0.717, 1.165) is 59.4 Å². The molecule has 4 aliphatic heterocycles. The van der Waals surface area contributed by atoms with Crippen LogP contribution in [0.4, 0.5) is 12.0 Å². The Morgan fingerprint density at radius 3 is 1.50 bits per heavy atom. The molecule has 0 bridgehead atoms. The highest BCUT2D eigenvalue weighted by Gasteiger charge is 2.29. The molecule has 0 aliphatic carbocycles. The van der Waals surface area contributed by atoms with E-state index >= 15 is 0 Å². The average molecular weight is 900 g/mol. The van der Waals surface area contributed by atoms with Crippen LogP contribution in [0.5, 0.6) is 0 Å². The number of fused-ring (bicyclic) bond motifs is 2. The normalized spacial score (nSPS) is 18.0. The van der Waals surface area contributed by atoms with Crippen LogP contribution in [0.25, 0.3) is 33.6 Å². The molecule has 2 N–H and O–H groups in total. The van der Waals surface area contributed by atoms with Gasteiger partial charge in [0.2, 0.25) is 11.3 Å². The lowest BCUT2D eigenvalue weighted by atomic mass is 9.80. The highest BCUT2D eigenvalue weighted by molar-refractivity contribution is 9.10. The molecule has 6 aromatic rings. The first-order valence-electron chi connectivity index (χ1n) is 21.9. The zero-order chi connectivity index (χ0) is 42.8. The van der Waals surface area contributed by atoms with E-state index < -0.39 is 7.12 Å². The number of likely N-dealkylation sites (tertiary alicyclic amines) is 2. The van der Waals surface area contributed by atoms with Gasteiger partial charge in [-0.25, -0.2) is 9.97 Å². The minimum atomic E-state index is -1.46. The van der Waals surface area contributed by atoms with Gasteiger partial charge in [-0.15, -0.1) is 0 Å². The fourth-order valence-corrected chi connectivity index (χ4v) is 9.21. The summed E-state index contributed by atoms with van der Waals surface area (Å²) in [5.41, 5.74) is 6.33. The van der Waals surface area contributed by atoms with Crippen molar-refractivity contribution in [1.29, 1.82) is 10.5 Å². The lowest BCUT2D eigenvalue weighted by Crippen LogP contribution is -2.46. The number of hydrogen-bond acceptors (Lipinski definition) is 14. The van der Waals surface area contributed by atoms with Gasteiger partial charge in [-0.05, 0) is 135 Å². The molecule has 0 radical (unpaired) electrons. The van der Waals surface area contributed by atoms with Gasteiger partial charge in [0.05, 0.1) is 23.3 Å². The average Bonchev–Trinajstić information content (AvgIpc) is 3.97. The van der Waals surface area contributed by atoms with Gasteiger partial charge in [-0.3, -0.25) is 0 Å². The third-order valence-electron chi connectivity index (χ3n) is 12.4. The fourth-order valence-electron chi connectivity index (χ4n) is 8.90. The molecule has 4 saturated heterocycles. The lowest BCUT2D eigenvalue weighted by molar-refractivity contribution is 0.140. The van der Waals surface area contributed by atoms with Crippen LogP contribution >= 0.6 is 15.9 Å². The maximum absolute atomic E-state index is 8.96. The predicted octanol–water partition coefficient (Wildman–Crippen LogP) is 6.89. The zero-order valence-electron chi connectivity index (χ0n) is 34.9. The number of oxazole rings is 2. The summed E-state index contributed by atoms with van der Waals surface area (Å²) in [6, 6.07) is 24.4. The molecule has 16 heteroatoms. The number of rotatable bonds is 6. The largest absolute Gasteiger partial charge is 0.488 e. The van der Waals surface area contributed by atoms with Crippen LogP contribution in [0.3, 0.4) is 0 Å². The van der Waals surface area contributed by atoms with Gasteiger partial charge in [-0.1, -0.05) is 37.1 Å². The minimum Gasteiger partial charge on any atom is -0.423 e. The first-order valence-corrected chi connectivity index (χ1v) is 22.7. The quantitative estimate of drug-likeness (QED) is 0.165. The van der Waals surface area contributed by atoms with Crippen LogP contribution in [0.1, 0.15) is 75.3 Å². The number of halogens is 1. The Morgan fingerprint density at radius 2 is 1.03 bits per heavy atom. The molecule has 4 aromatic heterocycles. The highest BCUT2D eigenvalue weighted by Crippen LogP contribution is 2.30. The van der Waals surface area contributed by atoms with Crippen LogP contribution in [0, 0.1) is 22.7 Å². The summed E-state index contributed by atoms with van der Waals surface area (Å²) in [4.78, 5) is 27.8. The van der Waals surface area contributed by atoms with Crippen LogP contribution in [-0.4, -0.2) is 111 Å². The van der Waals surface area contributed by atoms with Crippen LogP contribution in [-0.2, 0) is 0 Å². The number of nitrogens with zero attached hydrogens (tertiary/aromatic N) is 10. The number of benzene rings is 2. The van der Waals surface area contributed by atoms with E-state index in [9.17, 15) is 0 Å². The molecule has 0 saturated carbocycles. The smallest absolute Gasteiger partial charge is 0.423 e. The number of hydrogen-bond donors (Lipinski definition) is 2. The molecule has 0 amide bonds. The first-order chi connectivity index (χ1) is 30.3. The van der Waals surface area contributed by atoms with Gasteiger partial charge >= 0.3 is 7.12 Å². The SMILES string of the molecule is Brc1cnc2nc(N3CCC(N4CCCCC4)CC3)oc2c1.N#Cc1ccc(-c2cnc3nc(N4CCC(N5CCCCC5)CC4)oc3c2)cc1.N#Cc1ccc(B(O)O)cc1. The van der Waals surface area contributed by atoms with Crippen molar-refractivity contribution in [3.05, 3.63) is 88.7 Å². The Bertz CT molecular complexity index is 2460. The van der Waals surface area contributed by atoms with E-state index in [2.05, 4.69) is 61.5 Å². The third kappa shape index (κ3) is 10.8.